The van der Waals surface area contributed by atoms with E-state index < -0.39 is 0 Å². The van der Waals surface area contributed by atoms with Crippen molar-refractivity contribution in [1.82, 2.24) is 9.88 Å². The Bertz CT molecular complexity index is 703. The molecule has 1 fully saturated rings. The SMILES string of the molecule is CCc1nc(CC(=O)N2CCC(C(=O)c3ccccc3)CC2)cs1. The van der Waals surface area contributed by atoms with Gasteiger partial charge in [0, 0.05) is 30.0 Å². The van der Waals surface area contributed by atoms with E-state index in [-0.39, 0.29) is 17.6 Å². The van der Waals surface area contributed by atoms with Crippen LogP contribution in [-0.2, 0) is 17.6 Å². The van der Waals surface area contributed by atoms with Crippen LogP contribution in [0, 0.1) is 5.92 Å². The lowest BCUT2D eigenvalue weighted by Crippen LogP contribution is -2.41. The number of benzene rings is 1. The largest absolute Gasteiger partial charge is 0.342 e. The molecule has 126 valence electrons. The number of rotatable bonds is 5. The monoisotopic (exact) mass is 342 g/mol. The van der Waals surface area contributed by atoms with Crippen LogP contribution in [0.2, 0.25) is 0 Å². The Kier molecular flexibility index (Phi) is 5.41. The number of carbonyl (C=O) groups is 2. The normalized spacial score (nSPS) is 15.5. The fraction of sp³-hybridized carbons (Fsp3) is 0.421. The minimum absolute atomic E-state index is 0.0300. The average molecular weight is 342 g/mol. The minimum Gasteiger partial charge on any atom is -0.342 e. The van der Waals surface area contributed by atoms with E-state index in [0.29, 0.717) is 19.5 Å². The van der Waals surface area contributed by atoms with Crippen LogP contribution in [0.15, 0.2) is 35.7 Å². The second kappa shape index (κ2) is 7.71. The van der Waals surface area contributed by atoms with Gasteiger partial charge in [-0.25, -0.2) is 4.98 Å². The molecule has 1 saturated heterocycles. The topological polar surface area (TPSA) is 50.3 Å². The third kappa shape index (κ3) is 3.90. The van der Waals surface area contributed by atoms with Crippen LogP contribution >= 0.6 is 11.3 Å². The van der Waals surface area contributed by atoms with Gasteiger partial charge in [-0.2, -0.15) is 0 Å². The zero-order valence-electron chi connectivity index (χ0n) is 13.9. The molecule has 5 heteroatoms. The highest BCUT2D eigenvalue weighted by molar-refractivity contribution is 7.09. The molecular formula is C19H22N2O2S. The summed E-state index contributed by atoms with van der Waals surface area (Å²) >= 11 is 1.61. The lowest BCUT2D eigenvalue weighted by Gasteiger charge is -2.31. The van der Waals surface area contributed by atoms with Gasteiger partial charge in [0.2, 0.25) is 5.91 Å². The van der Waals surface area contributed by atoms with Crippen molar-refractivity contribution in [3.63, 3.8) is 0 Å². The lowest BCUT2D eigenvalue weighted by molar-refractivity contribution is -0.131. The molecule has 0 N–H and O–H groups in total. The number of aryl methyl sites for hydroxylation is 1. The fourth-order valence-corrected chi connectivity index (χ4v) is 3.83. The van der Waals surface area contributed by atoms with E-state index >= 15 is 0 Å². The van der Waals surface area contributed by atoms with Gasteiger partial charge in [-0.1, -0.05) is 37.3 Å². The average Bonchev–Trinajstić information content (AvgIpc) is 3.09. The van der Waals surface area contributed by atoms with Crippen LogP contribution in [-0.4, -0.2) is 34.7 Å². The molecule has 0 atom stereocenters. The van der Waals surface area contributed by atoms with E-state index in [2.05, 4.69) is 11.9 Å². The van der Waals surface area contributed by atoms with Crippen molar-refractivity contribution in [2.75, 3.05) is 13.1 Å². The number of hydrogen-bond donors (Lipinski definition) is 0. The van der Waals surface area contributed by atoms with E-state index in [9.17, 15) is 9.59 Å². The third-order valence-electron chi connectivity index (χ3n) is 4.51. The van der Waals surface area contributed by atoms with E-state index in [4.69, 9.17) is 0 Å². The van der Waals surface area contributed by atoms with Gasteiger partial charge in [-0.3, -0.25) is 9.59 Å². The second-order valence-electron chi connectivity index (χ2n) is 6.15. The van der Waals surface area contributed by atoms with Crippen LogP contribution in [0.25, 0.3) is 0 Å². The maximum absolute atomic E-state index is 12.5. The number of thiazole rings is 1. The highest BCUT2D eigenvalue weighted by Gasteiger charge is 2.28. The van der Waals surface area contributed by atoms with Gasteiger partial charge >= 0.3 is 0 Å². The smallest absolute Gasteiger partial charge is 0.228 e. The summed E-state index contributed by atoms with van der Waals surface area (Å²) in [7, 11) is 0. The molecule has 0 bridgehead atoms. The molecule has 0 aliphatic carbocycles. The molecule has 2 aromatic rings. The van der Waals surface area contributed by atoms with E-state index in [1.54, 1.807) is 11.3 Å². The Balaban J connectivity index is 1.53. The Morgan fingerprint density at radius 2 is 1.92 bits per heavy atom. The molecule has 1 aromatic heterocycles. The number of aromatic nitrogens is 1. The molecule has 1 aromatic carbocycles. The number of likely N-dealkylation sites (tertiary alicyclic amines) is 1. The molecule has 0 unspecified atom stereocenters. The maximum Gasteiger partial charge on any atom is 0.228 e. The molecule has 1 amide bonds. The minimum atomic E-state index is 0.0300. The first-order valence-corrected chi connectivity index (χ1v) is 9.35. The summed E-state index contributed by atoms with van der Waals surface area (Å²) in [4.78, 5) is 31.2. The number of piperidine rings is 1. The zero-order chi connectivity index (χ0) is 16.9. The summed E-state index contributed by atoms with van der Waals surface area (Å²) in [5, 5.41) is 3.05. The van der Waals surface area contributed by atoms with Crippen molar-refractivity contribution in [3.8, 4) is 0 Å². The summed E-state index contributed by atoms with van der Waals surface area (Å²) in [5.74, 6) is 0.353. The highest BCUT2D eigenvalue weighted by atomic mass is 32.1. The molecule has 3 rings (SSSR count). The van der Waals surface area contributed by atoms with Crippen LogP contribution < -0.4 is 0 Å². The van der Waals surface area contributed by atoms with Gasteiger partial charge in [-0.05, 0) is 19.3 Å². The van der Waals surface area contributed by atoms with Crippen LogP contribution in [0.4, 0.5) is 0 Å². The first-order chi connectivity index (χ1) is 11.7. The predicted octanol–water partition coefficient (Wildman–Crippen LogP) is 3.37. The number of amides is 1. The van der Waals surface area contributed by atoms with Gasteiger partial charge in [0.05, 0.1) is 17.1 Å². The van der Waals surface area contributed by atoms with E-state index in [1.807, 2.05) is 40.6 Å². The Labute approximate surface area is 146 Å². The fourth-order valence-electron chi connectivity index (χ4n) is 3.09. The number of nitrogens with zero attached hydrogens (tertiary/aromatic N) is 2. The van der Waals surface area contributed by atoms with Crippen molar-refractivity contribution in [2.24, 2.45) is 5.92 Å². The van der Waals surface area contributed by atoms with Gasteiger partial charge in [-0.15, -0.1) is 11.3 Å². The highest BCUT2D eigenvalue weighted by Crippen LogP contribution is 2.22. The Hall–Kier alpha value is -2.01. The molecule has 2 heterocycles. The Morgan fingerprint density at radius 3 is 2.54 bits per heavy atom. The molecular weight excluding hydrogens is 320 g/mol. The molecule has 0 spiro atoms. The lowest BCUT2D eigenvalue weighted by atomic mass is 9.89. The van der Waals surface area contributed by atoms with Crippen molar-refractivity contribution in [3.05, 3.63) is 52.0 Å². The van der Waals surface area contributed by atoms with Crippen LogP contribution in [0.1, 0.15) is 40.8 Å². The standard InChI is InChI=1S/C19H22N2O2S/c1-2-17-20-16(13-24-17)12-18(22)21-10-8-15(9-11-21)19(23)14-6-4-3-5-7-14/h3-7,13,15H,2,8-12H2,1H3. The van der Waals surface area contributed by atoms with Gasteiger partial charge in [0.15, 0.2) is 5.78 Å². The first-order valence-electron chi connectivity index (χ1n) is 8.47. The number of ketones is 1. The van der Waals surface area contributed by atoms with E-state index in [1.165, 1.54) is 0 Å². The molecule has 0 radical (unpaired) electrons. The number of hydrogen-bond acceptors (Lipinski definition) is 4. The summed E-state index contributed by atoms with van der Waals surface area (Å²) < 4.78 is 0. The summed E-state index contributed by atoms with van der Waals surface area (Å²) in [5.41, 5.74) is 1.64. The quantitative estimate of drug-likeness (QED) is 0.783. The maximum atomic E-state index is 12.5. The number of carbonyl (C=O) groups excluding carboxylic acids is 2. The molecule has 4 nitrogen and oxygen atoms in total. The van der Waals surface area contributed by atoms with E-state index in [0.717, 1.165) is 35.5 Å². The zero-order valence-corrected chi connectivity index (χ0v) is 14.7. The van der Waals surface area contributed by atoms with Gasteiger partial charge in [0.25, 0.3) is 0 Å². The van der Waals surface area contributed by atoms with Crippen LogP contribution in [0.3, 0.4) is 0 Å². The van der Waals surface area contributed by atoms with Crippen molar-refractivity contribution in [1.29, 1.82) is 0 Å². The van der Waals surface area contributed by atoms with Crippen molar-refractivity contribution < 1.29 is 9.59 Å². The third-order valence-corrected chi connectivity index (χ3v) is 5.55. The van der Waals surface area contributed by atoms with Crippen molar-refractivity contribution >= 4 is 23.0 Å². The second-order valence-corrected chi connectivity index (χ2v) is 7.09. The molecule has 1 aliphatic heterocycles. The first kappa shape index (κ1) is 16.8. The number of Topliss-reactive ketones (excluding diaryl/α,β-unsaturated/α-hetero) is 1. The van der Waals surface area contributed by atoms with Crippen molar-refractivity contribution in [2.45, 2.75) is 32.6 Å². The molecule has 24 heavy (non-hydrogen) atoms. The van der Waals surface area contributed by atoms with Gasteiger partial charge < -0.3 is 4.90 Å². The van der Waals surface area contributed by atoms with Gasteiger partial charge in [0.1, 0.15) is 0 Å². The Morgan fingerprint density at radius 1 is 1.21 bits per heavy atom. The molecule has 1 aliphatic rings. The summed E-state index contributed by atoms with van der Waals surface area (Å²) in [6.45, 7) is 3.39. The van der Waals surface area contributed by atoms with Crippen LogP contribution in [0.5, 0.6) is 0 Å². The molecule has 0 saturated carbocycles. The summed E-state index contributed by atoms with van der Waals surface area (Å²) in [6.07, 6.45) is 2.77. The summed E-state index contributed by atoms with van der Waals surface area (Å²) in [6, 6.07) is 9.44. The predicted molar refractivity (Wildman–Crippen MR) is 95.3 cm³/mol.